The van der Waals surface area contributed by atoms with Gasteiger partial charge in [-0.05, 0) is 77.4 Å². The number of unbranched alkanes of at least 4 members (excludes halogenated alkanes) is 3. The lowest BCUT2D eigenvalue weighted by Crippen LogP contribution is -2.35. The Balaban J connectivity index is 1.41. The molecule has 0 aromatic rings. The summed E-state index contributed by atoms with van der Waals surface area (Å²) in [6.07, 6.45) is 14.2. The number of nitrogens with one attached hydrogen (secondary N) is 1. The fourth-order valence-electron chi connectivity index (χ4n) is 3.30. The zero-order valence-corrected chi connectivity index (χ0v) is 13.2. The average molecular weight is 266 g/mol. The van der Waals surface area contributed by atoms with Crippen molar-refractivity contribution in [1.29, 1.82) is 0 Å². The summed E-state index contributed by atoms with van der Waals surface area (Å²) in [4.78, 5) is 2.63. The van der Waals surface area contributed by atoms with Gasteiger partial charge in [-0.1, -0.05) is 19.8 Å². The van der Waals surface area contributed by atoms with Crippen molar-refractivity contribution in [2.75, 3.05) is 20.1 Å². The van der Waals surface area contributed by atoms with Crippen LogP contribution in [0.3, 0.4) is 0 Å². The van der Waals surface area contributed by atoms with Gasteiger partial charge in [0.05, 0.1) is 0 Å². The van der Waals surface area contributed by atoms with Gasteiger partial charge in [-0.25, -0.2) is 0 Å². The van der Waals surface area contributed by atoms with E-state index in [0.29, 0.717) is 0 Å². The summed E-state index contributed by atoms with van der Waals surface area (Å²) in [7, 11) is 2.34. The van der Waals surface area contributed by atoms with Crippen LogP contribution in [-0.4, -0.2) is 37.1 Å². The first kappa shape index (κ1) is 15.3. The van der Waals surface area contributed by atoms with E-state index < -0.39 is 0 Å². The summed E-state index contributed by atoms with van der Waals surface area (Å²) in [5.74, 6) is 0.976. The zero-order valence-electron chi connectivity index (χ0n) is 13.2. The Morgan fingerprint density at radius 1 is 0.895 bits per heavy atom. The molecule has 2 fully saturated rings. The SMILES string of the molecule is CC1CCC(N(C)CCCCCCNC2CC2)CC1. The minimum atomic E-state index is 0.882. The van der Waals surface area contributed by atoms with E-state index in [-0.39, 0.29) is 0 Å². The maximum absolute atomic E-state index is 3.60. The monoisotopic (exact) mass is 266 g/mol. The molecule has 0 aromatic carbocycles. The Bertz CT molecular complexity index is 229. The topological polar surface area (TPSA) is 15.3 Å². The van der Waals surface area contributed by atoms with E-state index >= 15 is 0 Å². The first-order valence-electron chi connectivity index (χ1n) is 8.69. The van der Waals surface area contributed by atoms with Gasteiger partial charge in [-0.2, -0.15) is 0 Å². The number of hydrogen-bond acceptors (Lipinski definition) is 2. The summed E-state index contributed by atoms with van der Waals surface area (Å²) in [5.41, 5.74) is 0. The van der Waals surface area contributed by atoms with Crippen LogP contribution in [0.4, 0.5) is 0 Å². The third-order valence-corrected chi connectivity index (χ3v) is 5.06. The van der Waals surface area contributed by atoms with Gasteiger partial charge in [-0.15, -0.1) is 0 Å². The van der Waals surface area contributed by atoms with Gasteiger partial charge in [0.25, 0.3) is 0 Å². The molecule has 2 aliphatic carbocycles. The van der Waals surface area contributed by atoms with Crippen LogP contribution in [0.1, 0.15) is 71.1 Å². The molecule has 0 atom stereocenters. The minimum absolute atomic E-state index is 0.882. The molecule has 0 amide bonds. The Labute approximate surface area is 120 Å². The first-order chi connectivity index (χ1) is 9.25. The largest absolute Gasteiger partial charge is 0.314 e. The standard InChI is InChI=1S/C17H34N2/c1-15-7-11-17(12-8-15)19(2)14-6-4-3-5-13-18-16-9-10-16/h15-18H,3-14H2,1-2H3. The molecule has 0 bridgehead atoms. The van der Waals surface area contributed by atoms with E-state index in [1.165, 1.54) is 77.3 Å². The van der Waals surface area contributed by atoms with Gasteiger partial charge in [0.1, 0.15) is 0 Å². The smallest absolute Gasteiger partial charge is 0.00924 e. The molecule has 2 saturated carbocycles. The molecule has 2 nitrogen and oxygen atoms in total. The predicted molar refractivity (Wildman–Crippen MR) is 83.5 cm³/mol. The molecular formula is C17H34N2. The molecule has 2 rings (SSSR count). The van der Waals surface area contributed by atoms with Crippen LogP contribution in [-0.2, 0) is 0 Å². The van der Waals surface area contributed by atoms with Crippen molar-refractivity contribution < 1.29 is 0 Å². The van der Waals surface area contributed by atoms with E-state index in [2.05, 4.69) is 24.2 Å². The van der Waals surface area contributed by atoms with Crippen LogP contribution in [0, 0.1) is 5.92 Å². The Kier molecular flexibility index (Phi) is 6.66. The summed E-state index contributed by atoms with van der Waals surface area (Å²) in [6.45, 7) is 4.97. The molecule has 0 radical (unpaired) electrons. The van der Waals surface area contributed by atoms with Gasteiger partial charge < -0.3 is 10.2 Å². The molecule has 0 heterocycles. The molecule has 1 N–H and O–H groups in total. The van der Waals surface area contributed by atoms with Crippen molar-refractivity contribution >= 4 is 0 Å². The van der Waals surface area contributed by atoms with Gasteiger partial charge >= 0.3 is 0 Å². The molecule has 19 heavy (non-hydrogen) atoms. The molecule has 0 saturated heterocycles. The molecule has 2 aliphatic rings. The molecule has 112 valence electrons. The van der Waals surface area contributed by atoms with Crippen LogP contribution in [0.2, 0.25) is 0 Å². The quantitative estimate of drug-likeness (QED) is 0.638. The fraction of sp³-hybridized carbons (Fsp3) is 1.00. The molecular weight excluding hydrogens is 232 g/mol. The molecule has 2 heteroatoms. The third kappa shape index (κ3) is 6.27. The van der Waals surface area contributed by atoms with E-state index in [9.17, 15) is 0 Å². The second-order valence-corrected chi connectivity index (χ2v) is 7.04. The van der Waals surface area contributed by atoms with Gasteiger partial charge in [0.2, 0.25) is 0 Å². The molecule has 0 unspecified atom stereocenters. The number of hydrogen-bond donors (Lipinski definition) is 1. The first-order valence-corrected chi connectivity index (χ1v) is 8.69. The lowest BCUT2D eigenvalue weighted by atomic mass is 9.87. The van der Waals surface area contributed by atoms with E-state index in [0.717, 1.165) is 18.0 Å². The van der Waals surface area contributed by atoms with Crippen molar-refractivity contribution in [3.8, 4) is 0 Å². The Morgan fingerprint density at radius 3 is 2.26 bits per heavy atom. The summed E-state index contributed by atoms with van der Waals surface area (Å²) < 4.78 is 0. The van der Waals surface area contributed by atoms with Crippen molar-refractivity contribution in [2.24, 2.45) is 5.92 Å². The number of nitrogens with zero attached hydrogens (tertiary/aromatic N) is 1. The van der Waals surface area contributed by atoms with Crippen molar-refractivity contribution in [1.82, 2.24) is 10.2 Å². The van der Waals surface area contributed by atoms with Crippen LogP contribution in [0.25, 0.3) is 0 Å². The fourth-order valence-corrected chi connectivity index (χ4v) is 3.30. The highest BCUT2D eigenvalue weighted by Crippen LogP contribution is 2.26. The zero-order chi connectivity index (χ0) is 13.5. The highest BCUT2D eigenvalue weighted by atomic mass is 15.1. The maximum Gasteiger partial charge on any atom is 0.00924 e. The Hall–Kier alpha value is -0.0800. The van der Waals surface area contributed by atoms with Crippen molar-refractivity contribution in [3.05, 3.63) is 0 Å². The summed E-state index contributed by atoms with van der Waals surface area (Å²) >= 11 is 0. The van der Waals surface area contributed by atoms with Gasteiger partial charge in [-0.3, -0.25) is 0 Å². The van der Waals surface area contributed by atoms with Crippen molar-refractivity contribution in [3.63, 3.8) is 0 Å². The normalized spacial score (nSPS) is 27.9. The van der Waals surface area contributed by atoms with E-state index in [4.69, 9.17) is 0 Å². The third-order valence-electron chi connectivity index (χ3n) is 5.06. The second kappa shape index (κ2) is 8.26. The summed E-state index contributed by atoms with van der Waals surface area (Å²) in [6, 6.07) is 1.77. The predicted octanol–water partition coefficient (Wildman–Crippen LogP) is 3.81. The molecule has 0 aliphatic heterocycles. The van der Waals surface area contributed by atoms with Crippen LogP contribution < -0.4 is 5.32 Å². The average Bonchev–Trinajstić information content (AvgIpc) is 3.22. The molecule has 0 spiro atoms. The lowest BCUT2D eigenvalue weighted by molar-refractivity contribution is 0.167. The second-order valence-electron chi connectivity index (χ2n) is 7.04. The number of rotatable bonds is 9. The van der Waals surface area contributed by atoms with Gasteiger partial charge in [0, 0.05) is 12.1 Å². The van der Waals surface area contributed by atoms with E-state index in [1.54, 1.807) is 0 Å². The highest BCUT2D eigenvalue weighted by Gasteiger charge is 2.21. The highest BCUT2D eigenvalue weighted by molar-refractivity contribution is 4.80. The summed E-state index contributed by atoms with van der Waals surface area (Å²) in [5, 5.41) is 3.60. The maximum atomic E-state index is 3.60. The van der Waals surface area contributed by atoms with Crippen LogP contribution in [0.15, 0.2) is 0 Å². The Morgan fingerprint density at radius 2 is 1.58 bits per heavy atom. The van der Waals surface area contributed by atoms with Gasteiger partial charge in [0.15, 0.2) is 0 Å². The van der Waals surface area contributed by atoms with Crippen LogP contribution in [0.5, 0.6) is 0 Å². The lowest BCUT2D eigenvalue weighted by Gasteiger charge is -2.33. The van der Waals surface area contributed by atoms with Crippen molar-refractivity contribution in [2.45, 2.75) is 83.2 Å². The minimum Gasteiger partial charge on any atom is -0.314 e. The molecule has 0 aromatic heterocycles. The van der Waals surface area contributed by atoms with Crippen LogP contribution >= 0.6 is 0 Å². The van der Waals surface area contributed by atoms with E-state index in [1.807, 2.05) is 0 Å².